The van der Waals surface area contributed by atoms with Crippen molar-refractivity contribution in [2.45, 2.75) is 25.3 Å². The van der Waals surface area contributed by atoms with Gasteiger partial charge in [0, 0.05) is 42.5 Å². The van der Waals surface area contributed by atoms with Crippen molar-refractivity contribution in [3.05, 3.63) is 42.0 Å². The maximum atomic E-state index is 5.73. The summed E-state index contributed by atoms with van der Waals surface area (Å²) in [6, 6.07) is 6.02. The second-order valence-electron chi connectivity index (χ2n) is 6.52. The highest BCUT2D eigenvalue weighted by Crippen LogP contribution is 2.38. The number of hydrogen-bond donors (Lipinski definition) is 0. The Balaban J connectivity index is 1.51. The third-order valence-corrected chi connectivity index (χ3v) is 4.87. The van der Waals surface area contributed by atoms with E-state index in [4.69, 9.17) is 14.2 Å². The number of methoxy groups -OCH3 is 1. The van der Waals surface area contributed by atoms with E-state index in [-0.39, 0.29) is 0 Å². The molecule has 2 aliphatic rings. The van der Waals surface area contributed by atoms with Gasteiger partial charge < -0.3 is 14.2 Å². The van der Waals surface area contributed by atoms with Gasteiger partial charge in [0.15, 0.2) is 11.5 Å². The van der Waals surface area contributed by atoms with E-state index < -0.39 is 0 Å². The molecule has 1 aromatic carbocycles. The molecule has 1 fully saturated rings. The van der Waals surface area contributed by atoms with Crippen molar-refractivity contribution in [1.29, 1.82) is 0 Å². The standard InChI is InChI=1S/C19H23N3O3/c1-23-17-10-19-18(24-7-8-25-19)9-15(17)12-22-6-2-3-14(11-22)16-4-5-20-13-21-16/h4-5,9-10,13-14H,2-3,6-8,11-12H2,1H3/t14-/m1/s1. The Kier molecular flexibility index (Phi) is 4.70. The molecule has 6 nitrogen and oxygen atoms in total. The molecule has 0 radical (unpaired) electrons. The monoisotopic (exact) mass is 341 g/mol. The van der Waals surface area contributed by atoms with Crippen LogP contribution in [0.5, 0.6) is 17.2 Å². The molecule has 0 bridgehead atoms. The number of hydrogen-bond acceptors (Lipinski definition) is 6. The zero-order chi connectivity index (χ0) is 17.1. The van der Waals surface area contributed by atoms with Crippen molar-refractivity contribution in [2.24, 2.45) is 0 Å². The quantitative estimate of drug-likeness (QED) is 0.852. The van der Waals surface area contributed by atoms with Gasteiger partial charge in [-0.1, -0.05) is 0 Å². The summed E-state index contributed by atoms with van der Waals surface area (Å²) in [5, 5.41) is 0. The van der Waals surface area contributed by atoms with Gasteiger partial charge in [0.25, 0.3) is 0 Å². The molecule has 25 heavy (non-hydrogen) atoms. The third kappa shape index (κ3) is 3.54. The number of ether oxygens (including phenoxy) is 3. The first kappa shape index (κ1) is 16.1. The molecule has 1 atom stereocenters. The Morgan fingerprint density at radius 2 is 2.08 bits per heavy atom. The van der Waals surface area contributed by atoms with E-state index in [2.05, 4.69) is 20.9 Å². The Labute approximate surface area is 147 Å². The normalized spacial score (nSPS) is 20.3. The summed E-state index contributed by atoms with van der Waals surface area (Å²) in [7, 11) is 1.70. The molecule has 4 rings (SSSR count). The molecule has 132 valence electrons. The van der Waals surface area contributed by atoms with Crippen LogP contribution < -0.4 is 14.2 Å². The number of benzene rings is 1. The van der Waals surface area contributed by atoms with Crippen LogP contribution in [0.2, 0.25) is 0 Å². The molecule has 2 aliphatic heterocycles. The second-order valence-corrected chi connectivity index (χ2v) is 6.52. The molecule has 0 aliphatic carbocycles. The van der Waals surface area contributed by atoms with Crippen LogP contribution in [0.3, 0.4) is 0 Å². The molecule has 1 aromatic heterocycles. The molecule has 0 N–H and O–H groups in total. The van der Waals surface area contributed by atoms with E-state index in [0.29, 0.717) is 19.1 Å². The average Bonchev–Trinajstić information content (AvgIpc) is 2.68. The number of rotatable bonds is 4. The lowest BCUT2D eigenvalue weighted by Crippen LogP contribution is -2.34. The van der Waals surface area contributed by atoms with Gasteiger partial charge in [0.1, 0.15) is 25.3 Å². The number of nitrogens with zero attached hydrogens (tertiary/aromatic N) is 3. The number of aromatic nitrogens is 2. The van der Waals surface area contributed by atoms with E-state index in [9.17, 15) is 0 Å². The van der Waals surface area contributed by atoms with E-state index in [1.54, 1.807) is 13.4 Å². The Morgan fingerprint density at radius 3 is 2.84 bits per heavy atom. The van der Waals surface area contributed by atoms with Gasteiger partial charge in [-0.2, -0.15) is 0 Å². The highest BCUT2D eigenvalue weighted by molar-refractivity contribution is 5.51. The Hall–Kier alpha value is -2.34. The molecule has 1 saturated heterocycles. The number of likely N-dealkylation sites (tertiary alicyclic amines) is 1. The molecule has 0 unspecified atom stereocenters. The average molecular weight is 341 g/mol. The Bertz CT molecular complexity index is 723. The molecule has 0 saturated carbocycles. The van der Waals surface area contributed by atoms with Gasteiger partial charge in [-0.15, -0.1) is 0 Å². The van der Waals surface area contributed by atoms with E-state index >= 15 is 0 Å². The summed E-state index contributed by atoms with van der Waals surface area (Å²) < 4.78 is 17.0. The van der Waals surface area contributed by atoms with Gasteiger partial charge in [0.2, 0.25) is 0 Å². The smallest absolute Gasteiger partial charge is 0.165 e. The third-order valence-electron chi connectivity index (χ3n) is 4.87. The van der Waals surface area contributed by atoms with Crippen LogP contribution in [0.15, 0.2) is 30.7 Å². The van der Waals surface area contributed by atoms with E-state index in [0.717, 1.165) is 48.1 Å². The number of fused-ring (bicyclic) bond motifs is 1. The lowest BCUT2D eigenvalue weighted by atomic mass is 9.94. The predicted molar refractivity (Wildman–Crippen MR) is 93.3 cm³/mol. The fourth-order valence-corrected chi connectivity index (χ4v) is 3.65. The summed E-state index contributed by atoms with van der Waals surface area (Å²) in [5.74, 6) is 2.89. The molecule has 0 spiro atoms. The van der Waals surface area contributed by atoms with Crippen LogP contribution in [0, 0.1) is 0 Å². The van der Waals surface area contributed by atoms with Crippen LogP contribution >= 0.6 is 0 Å². The fraction of sp³-hybridized carbons (Fsp3) is 0.474. The molecule has 2 aromatic rings. The lowest BCUT2D eigenvalue weighted by Gasteiger charge is -2.33. The van der Waals surface area contributed by atoms with Crippen molar-refractivity contribution in [1.82, 2.24) is 14.9 Å². The zero-order valence-corrected chi connectivity index (χ0v) is 14.5. The van der Waals surface area contributed by atoms with Crippen LogP contribution in [0.25, 0.3) is 0 Å². The minimum atomic E-state index is 0.458. The minimum Gasteiger partial charge on any atom is -0.496 e. The van der Waals surface area contributed by atoms with Gasteiger partial charge in [-0.3, -0.25) is 4.90 Å². The SMILES string of the molecule is COc1cc2c(cc1CN1CCC[C@@H](c3ccncn3)C1)OCCO2. The first-order valence-electron chi connectivity index (χ1n) is 8.78. The van der Waals surface area contributed by atoms with Crippen molar-refractivity contribution in [3.63, 3.8) is 0 Å². The fourth-order valence-electron chi connectivity index (χ4n) is 3.65. The molecule has 6 heteroatoms. The van der Waals surface area contributed by atoms with Crippen molar-refractivity contribution < 1.29 is 14.2 Å². The first-order chi connectivity index (χ1) is 12.3. The molecule has 0 amide bonds. The molecule has 3 heterocycles. The summed E-state index contributed by atoms with van der Waals surface area (Å²) in [4.78, 5) is 10.9. The van der Waals surface area contributed by atoms with Gasteiger partial charge in [-0.05, 0) is 31.5 Å². The summed E-state index contributed by atoms with van der Waals surface area (Å²) >= 11 is 0. The summed E-state index contributed by atoms with van der Waals surface area (Å²) in [6.45, 7) is 4.09. The molecular weight excluding hydrogens is 318 g/mol. The second kappa shape index (κ2) is 7.27. The van der Waals surface area contributed by atoms with Crippen LogP contribution in [-0.4, -0.2) is 48.3 Å². The first-order valence-corrected chi connectivity index (χ1v) is 8.78. The van der Waals surface area contributed by atoms with Crippen molar-refractivity contribution in [3.8, 4) is 17.2 Å². The Morgan fingerprint density at radius 1 is 1.24 bits per heavy atom. The maximum absolute atomic E-state index is 5.73. The lowest BCUT2D eigenvalue weighted by molar-refractivity contribution is 0.168. The summed E-state index contributed by atoms with van der Waals surface area (Å²) in [5.41, 5.74) is 2.27. The van der Waals surface area contributed by atoms with Crippen LogP contribution in [0.1, 0.15) is 30.0 Å². The highest BCUT2D eigenvalue weighted by atomic mass is 16.6. The van der Waals surface area contributed by atoms with Crippen LogP contribution in [-0.2, 0) is 6.54 Å². The number of piperidine rings is 1. The largest absolute Gasteiger partial charge is 0.496 e. The van der Waals surface area contributed by atoms with Crippen molar-refractivity contribution in [2.75, 3.05) is 33.4 Å². The van der Waals surface area contributed by atoms with E-state index in [1.165, 1.54) is 12.8 Å². The molecular formula is C19H23N3O3. The van der Waals surface area contributed by atoms with Gasteiger partial charge in [0.05, 0.1) is 7.11 Å². The summed E-state index contributed by atoms with van der Waals surface area (Å²) in [6.07, 6.45) is 5.80. The minimum absolute atomic E-state index is 0.458. The maximum Gasteiger partial charge on any atom is 0.165 e. The topological polar surface area (TPSA) is 56.7 Å². The van der Waals surface area contributed by atoms with Crippen LogP contribution in [0.4, 0.5) is 0 Å². The van der Waals surface area contributed by atoms with Gasteiger partial charge >= 0.3 is 0 Å². The van der Waals surface area contributed by atoms with Gasteiger partial charge in [-0.25, -0.2) is 9.97 Å². The van der Waals surface area contributed by atoms with E-state index in [1.807, 2.05) is 18.3 Å². The zero-order valence-electron chi connectivity index (χ0n) is 14.5. The van der Waals surface area contributed by atoms with Crippen molar-refractivity contribution >= 4 is 0 Å². The predicted octanol–water partition coefficient (Wildman–Crippen LogP) is 2.64. The highest BCUT2D eigenvalue weighted by Gasteiger charge is 2.24.